The van der Waals surface area contributed by atoms with Crippen LogP contribution in [0.25, 0.3) is 17.3 Å². The van der Waals surface area contributed by atoms with Crippen LogP contribution < -0.4 is 0 Å². The number of aromatic nitrogens is 2. The van der Waals surface area contributed by atoms with Crippen LogP contribution in [0.4, 0.5) is 8.78 Å². The summed E-state index contributed by atoms with van der Waals surface area (Å²) < 4.78 is 34.8. The maximum absolute atomic E-state index is 14.5. The number of benzene rings is 1. The van der Waals surface area contributed by atoms with E-state index in [9.17, 15) is 8.78 Å². The zero-order valence-electron chi connectivity index (χ0n) is 18.0. The maximum atomic E-state index is 14.5. The summed E-state index contributed by atoms with van der Waals surface area (Å²) in [7, 11) is 0. The minimum Gasteiger partial charge on any atom is -0.379 e. The van der Waals surface area contributed by atoms with Gasteiger partial charge in [-0.2, -0.15) is 10.2 Å². The van der Waals surface area contributed by atoms with Gasteiger partial charge < -0.3 is 4.74 Å². The average molecular weight is 415 g/mol. The minimum absolute atomic E-state index is 0.108. The zero-order valence-corrected chi connectivity index (χ0v) is 18.0. The molecule has 0 saturated carbocycles. The van der Waals surface area contributed by atoms with Gasteiger partial charge in [0.2, 0.25) is 0 Å². The first kappa shape index (κ1) is 23.9. The lowest BCUT2D eigenvalue weighted by Gasteiger charge is -2.12. The van der Waals surface area contributed by atoms with E-state index in [1.165, 1.54) is 12.8 Å². The van der Waals surface area contributed by atoms with Crippen LogP contribution in [0.5, 0.6) is 0 Å². The van der Waals surface area contributed by atoms with E-state index in [1.54, 1.807) is 36.4 Å². The number of nitrogens with zero attached hydrogens (tertiary/aromatic N) is 2. The Labute approximate surface area is 178 Å². The van der Waals surface area contributed by atoms with Gasteiger partial charge in [-0.1, -0.05) is 44.1 Å². The minimum atomic E-state index is -0.906. The molecule has 1 heterocycles. The molecule has 1 atom stereocenters. The second-order valence-electron chi connectivity index (χ2n) is 7.45. The van der Waals surface area contributed by atoms with Gasteiger partial charge in [-0.3, -0.25) is 0 Å². The van der Waals surface area contributed by atoms with Crippen molar-refractivity contribution in [2.45, 2.75) is 64.9 Å². The van der Waals surface area contributed by atoms with E-state index < -0.39 is 11.6 Å². The highest BCUT2D eigenvalue weighted by atomic mass is 19.2. The molecule has 2 rings (SSSR count). The van der Waals surface area contributed by atoms with Crippen molar-refractivity contribution in [3.63, 3.8) is 0 Å². The second kappa shape index (κ2) is 13.0. The molecule has 5 heteroatoms. The van der Waals surface area contributed by atoms with Crippen LogP contribution >= 0.6 is 0 Å². The largest absolute Gasteiger partial charge is 0.379 e. The molecule has 0 aliphatic heterocycles. The number of hydrogen-bond acceptors (Lipinski definition) is 3. The molecule has 0 amide bonds. The predicted octanol–water partition coefficient (Wildman–Crippen LogP) is 6.93. The summed E-state index contributed by atoms with van der Waals surface area (Å²) in [6.45, 7) is 8.71. The highest BCUT2D eigenvalue weighted by Gasteiger charge is 2.14. The third kappa shape index (κ3) is 7.45. The molecule has 0 saturated heterocycles. The van der Waals surface area contributed by atoms with Crippen molar-refractivity contribution in [1.82, 2.24) is 10.2 Å². The molecule has 0 spiro atoms. The Bertz CT molecular complexity index is 819. The van der Waals surface area contributed by atoms with E-state index in [1.807, 2.05) is 6.08 Å². The molecule has 2 aromatic rings. The van der Waals surface area contributed by atoms with Crippen LogP contribution in [-0.2, 0) is 11.2 Å². The Morgan fingerprint density at radius 2 is 1.90 bits per heavy atom. The van der Waals surface area contributed by atoms with E-state index in [0.717, 1.165) is 38.0 Å². The van der Waals surface area contributed by atoms with Gasteiger partial charge >= 0.3 is 0 Å². The molecule has 1 aromatic carbocycles. The summed E-state index contributed by atoms with van der Waals surface area (Å²) in [6.07, 6.45) is 12.2. The molecule has 0 radical (unpaired) electrons. The van der Waals surface area contributed by atoms with Gasteiger partial charge in [0.05, 0.1) is 17.5 Å². The Morgan fingerprint density at radius 3 is 2.60 bits per heavy atom. The Balaban J connectivity index is 1.88. The first-order chi connectivity index (χ1) is 14.6. The Morgan fingerprint density at radius 1 is 1.07 bits per heavy atom. The van der Waals surface area contributed by atoms with Gasteiger partial charge in [0.1, 0.15) is 0 Å². The lowest BCUT2D eigenvalue weighted by atomic mass is 10.1. The summed E-state index contributed by atoms with van der Waals surface area (Å²) in [5.41, 5.74) is 1.38. The highest BCUT2D eigenvalue weighted by Crippen LogP contribution is 2.25. The van der Waals surface area contributed by atoms with Crippen molar-refractivity contribution in [1.29, 1.82) is 0 Å². The van der Waals surface area contributed by atoms with Crippen molar-refractivity contribution >= 4 is 6.08 Å². The lowest BCUT2D eigenvalue weighted by Crippen LogP contribution is -2.08. The Hall–Kier alpha value is -2.40. The molecule has 1 unspecified atom stereocenters. The van der Waals surface area contributed by atoms with Gasteiger partial charge in [0.25, 0.3) is 0 Å². The monoisotopic (exact) mass is 414 g/mol. The van der Waals surface area contributed by atoms with Crippen molar-refractivity contribution < 1.29 is 13.5 Å². The van der Waals surface area contributed by atoms with Crippen LogP contribution in [0.15, 0.2) is 43.0 Å². The van der Waals surface area contributed by atoms with Crippen LogP contribution in [-0.4, -0.2) is 22.9 Å². The second-order valence-corrected chi connectivity index (χ2v) is 7.45. The molecule has 0 aliphatic rings. The van der Waals surface area contributed by atoms with Crippen LogP contribution in [0.2, 0.25) is 0 Å². The number of hydrogen-bond donors (Lipinski definition) is 0. The molecule has 3 nitrogen and oxygen atoms in total. The molecule has 0 N–H and O–H groups in total. The van der Waals surface area contributed by atoms with E-state index in [0.29, 0.717) is 12.1 Å². The van der Waals surface area contributed by atoms with E-state index in [4.69, 9.17) is 4.74 Å². The first-order valence-electron chi connectivity index (χ1n) is 10.8. The molecular formula is C25H32F2N2O. The molecule has 0 bridgehead atoms. The maximum Gasteiger partial charge on any atom is 0.168 e. The van der Waals surface area contributed by atoms with Crippen molar-refractivity contribution in [3.05, 3.63) is 65.9 Å². The van der Waals surface area contributed by atoms with E-state index in [2.05, 4.69) is 30.6 Å². The Kier molecular flexibility index (Phi) is 10.4. The lowest BCUT2D eigenvalue weighted by molar-refractivity contribution is 0.0566. The molecule has 30 heavy (non-hydrogen) atoms. The molecule has 162 valence electrons. The number of unbranched alkanes of at least 4 members (excludes halogenated alkanes) is 3. The zero-order chi connectivity index (χ0) is 21.8. The van der Waals surface area contributed by atoms with Crippen LogP contribution in [0, 0.1) is 11.6 Å². The quantitative estimate of drug-likeness (QED) is 0.263. The predicted molar refractivity (Wildman–Crippen MR) is 119 cm³/mol. The summed E-state index contributed by atoms with van der Waals surface area (Å²) in [6, 6.07) is 6.50. The fraction of sp³-hybridized carbons (Fsp3) is 0.440. The summed E-state index contributed by atoms with van der Waals surface area (Å²) in [5.74, 6) is -1.77. The standard InChI is InChI=1S/C25H32F2N2O/c1-4-6-10-18-30-19(3)12-8-7-9-13-20-14-16-22(25(27)24(20)26)23-17-15-21(11-5-2)28-29-23/h5,9,13-17,19H,2,4,6-8,10-12,18H2,1,3H3. The van der Waals surface area contributed by atoms with Gasteiger partial charge in [-0.25, -0.2) is 8.78 Å². The normalized spacial score (nSPS) is 12.4. The summed E-state index contributed by atoms with van der Waals surface area (Å²) in [4.78, 5) is 0. The fourth-order valence-electron chi connectivity index (χ4n) is 3.10. The van der Waals surface area contributed by atoms with Gasteiger partial charge in [0.15, 0.2) is 11.6 Å². The molecule has 0 aliphatic carbocycles. The van der Waals surface area contributed by atoms with E-state index >= 15 is 0 Å². The first-order valence-corrected chi connectivity index (χ1v) is 10.8. The van der Waals surface area contributed by atoms with Crippen molar-refractivity contribution in [3.8, 4) is 11.3 Å². The summed E-state index contributed by atoms with van der Waals surface area (Å²) >= 11 is 0. The smallest absolute Gasteiger partial charge is 0.168 e. The topological polar surface area (TPSA) is 35.0 Å². The number of allylic oxidation sites excluding steroid dienone is 2. The number of ether oxygens (including phenoxy) is 1. The molecule has 1 aromatic heterocycles. The molecule has 0 fully saturated rings. The van der Waals surface area contributed by atoms with E-state index in [-0.39, 0.29) is 17.2 Å². The van der Waals surface area contributed by atoms with Crippen LogP contribution in [0.1, 0.15) is 63.6 Å². The SMILES string of the molecule is C=CCc1ccc(-c2ccc(C=CCCCC(C)OCCCCC)c(F)c2F)nn1. The summed E-state index contributed by atoms with van der Waals surface area (Å²) in [5, 5.41) is 8.01. The number of halogens is 2. The third-order valence-corrected chi connectivity index (χ3v) is 4.89. The number of rotatable bonds is 13. The average Bonchev–Trinajstić information content (AvgIpc) is 2.75. The third-order valence-electron chi connectivity index (χ3n) is 4.89. The van der Waals surface area contributed by atoms with Gasteiger partial charge in [-0.15, -0.1) is 6.58 Å². The van der Waals surface area contributed by atoms with Crippen LogP contribution in [0.3, 0.4) is 0 Å². The molecular weight excluding hydrogens is 382 g/mol. The van der Waals surface area contributed by atoms with Gasteiger partial charge in [-0.05, 0) is 50.8 Å². The highest BCUT2D eigenvalue weighted by molar-refractivity contribution is 5.63. The van der Waals surface area contributed by atoms with Crippen molar-refractivity contribution in [2.75, 3.05) is 6.61 Å². The van der Waals surface area contributed by atoms with Gasteiger partial charge in [0, 0.05) is 24.2 Å². The van der Waals surface area contributed by atoms with Crippen molar-refractivity contribution in [2.24, 2.45) is 0 Å². The fourth-order valence-corrected chi connectivity index (χ4v) is 3.10.